The molecule has 0 radical (unpaired) electrons. The van der Waals surface area contributed by atoms with Gasteiger partial charge in [0.25, 0.3) is 5.91 Å². The Balaban J connectivity index is 1.82. The van der Waals surface area contributed by atoms with Crippen LogP contribution in [0, 0.1) is 13.8 Å². The van der Waals surface area contributed by atoms with Crippen molar-refractivity contribution in [1.82, 2.24) is 15.6 Å². The lowest BCUT2D eigenvalue weighted by molar-refractivity contribution is -0.119. The fourth-order valence-electron chi connectivity index (χ4n) is 2.52. The summed E-state index contributed by atoms with van der Waals surface area (Å²) in [6, 6.07) is 5.34. The number of ether oxygens (including phenoxy) is 1. The molecule has 3 aromatic rings. The van der Waals surface area contributed by atoms with Gasteiger partial charge in [-0.2, -0.15) is 0 Å². The zero-order chi connectivity index (χ0) is 18.7. The number of carbonyl (C=O) groups is 2. The predicted octanol–water partition coefficient (Wildman–Crippen LogP) is 2.56. The molecule has 1 aromatic carbocycles. The molecule has 2 N–H and O–H groups in total. The first-order valence-electron chi connectivity index (χ1n) is 8.03. The fourth-order valence-corrected chi connectivity index (χ4v) is 3.21. The van der Waals surface area contributed by atoms with Gasteiger partial charge in [0.2, 0.25) is 5.91 Å². The summed E-state index contributed by atoms with van der Waals surface area (Å²) in [5, 5.41) is 5.70. The molecule has 7 nitrogen and oxygen atoms in total. The van der Waals surface area contributed by atoms with Crippen LogP contribution in [-0.2, 0) is 11.4 Å². The highest BCUT2D eigenvalue weighted by molar-refractivity contribution is 7.09. The summed E-state index contributed by atoms with van der Waals surface area (Å²) < 4.78 is 11.5. The number of furan rings is 1. The Bertz CT molecular complexity index is 961. The molecular weight excluding hydrogens is 354 g/mol. The normalized spacial score (nSPS) is 10.7. The second kappa shape index (κ2) is 7.57. The molecule has 8 heteroatoms. The lowest BCUT2D eigenvalue weighted by Gasteiger charge is -2.06. The van der Waals surface area contributed by atoms with Gasteiger partial charge in [-0.15, -0.1) is 11.3 Å². The molecule has 3 rings (SSSR count). The van der Waals surface area contributed by atoms with Gasteiger partial charge in [0.05, 0.1) is 28.2 Å². The van der Waals surface area contributed by atoms with E-state index in [4.69, 9.17) is 9.15 Å². The zero-order valence-electron chi connectivity index (χ0n) is 14.7. The van der Waals surface area contributed by atoms with Crippen molar-refractivity contribution in [3.8, 4) is 5.75 Å². The van der Waals surface area contributed by atoms with E-state index in [1.807, 2.05) is 6.92 Å². The highest BCUT2D eigenvalue weighted by atomic mass is 32.1. The number of benzene rings is 1. The van der Waals surface area contributed by atoms with Crippen LogP contribution < -0.4 is 15.4 Å². The smallest absolute Gasteiger partial charge is 0.255 e. The van der Waals surface area contributed by atoms with Gasteiger partial charge in [-0.3, -0.25) is 9.59 Å². The van der Waals surface area contributed by atoms with Crippen molar-refractivity contribution in [3.63, 3.8) is 0 Å². The summed E-state index contributed by atoms with van der Waals surface area (Å²) in [4.78, 5) is 29.1. The van der Waals surface area contributed by atoms with E-state index in [0.29, 0.717) is 34.6 Å². The van der Waals surface area contributed by atoms with Crippen LogP contribution in [0.2, 0.25) is 0 Å². The van der Waals surface area contributed by atoms with Crippen molar-refractivity contribution < 1.29 is 18.7 Å². The van der Waals surface area contributed by atoms with Gasteiger partial charge < -0.3 is 19.8 Å². The van der Waals surface area contributed by atoms with E-state index >= 15 is 0 Å². The third-order valence-corrected chi connectivity index (χ3v) is 4.87. The number of nitrogens with zero attached hydrogens (tertiary/aromatic N) is 1. The Kier molecular flexibility index (Phi) is 5.22. The van der Waals surface area contributed by atoms with Crippen LogP contribution in [0.5, 0.6) is 5.75 Å². The van der Waals surface area contributed by atoms with Gasteiger partial charge in [0.1, 0.15) is 23.7 Å². The summed E-state index contributed by atoms with van der Waals surface area (Å²) in [7, 11) is 1.52. The average Bonchev–Trinajstić information content (AvgIpc) is 3.19. The van der Waals surface area contributed by atoms with E-state index in [9.17, 15) is 9.59 Å². The molecule has 0 saturated heterocycles. The number of amides is 2. The molecule has 2 aromatic heterocycles. The number of nitrogens with one attached hydrogen (secondary N) is 2. The van der Waals surface area contributed by atoms with Gasteiger partial charge in [-0.05, 0) is 32.0 Å². The van der Waals surface area contributed by atoms with Crippen LogP contribution in [0.1, 0.15) is 26.7 Å². The SMILES string of the molecule is CNC(=O)CNC(=O)c1c(C)oc2ccc(OCc3scnc3C)cc12. The summed E-state index contributed by atoms with van der Waals surface area (Å²) in [6.45, 7) is 3.97. The van der Waals surface area contributed by atoms with Gasteiger partial charge in [-0.1, -0.05) is 0 Å². The van der Waals surface area contributed by atoms with E-state index in [1.54, 1.807) is 30.6 Å². The second-order valence-electron chi connectivity index (χ2n) is 5.70. The predicted molar refractivity (Wildman–Crippen MR) is 98.5 cm³/mol. The molecule has 0 atom stereocenters. The Morgan fingerprint density at radius 3 is 2.81 bits per heavy atom. The largest absolute Gasteiger partial charge is 0.488 e. The molecule has 0 bridgehead atoms. The number of hydrogen-bond donors (Lipinski definition) is 2. The van der Waals surface area contributed by atoms with Crippen molar-refractivity contribution in [2.24, 2.45) is 0 Å². The standard InChI is InChI=1S/C18H19N3O4S/c1-10-15(26-9-21-10)8-24-12-4-5-14-13(6-12)17(11(2)25-14)18(23)20-7-16(22)19-3/h4-6,9H,7-8H2,1-3H3,(H,19,22)(H,20,23). The number of thiazole rings is 1. The minimum absolute atomic E-state index is 0.0949. The zero-order valence-corrected chi connectivity index (χ0v) is 15.5. The molecular formula is C18H19N3O4S. The number of carbonyl (C=O) groups excluding carboxylic acids is 2. The maximum Gasteiger partial charge on any atom is 0.255 e. The molecule has 26 heavy (non-hydrogen) atoms. The van der Waals surface area contributed by atoms with E-state index in [1.165, 1.54) is 18.4 Å². The van der Waals surface area contributed by atoms with E-state index in [0.717, 1.165) is 10.6 Å². The Morgan fingerprint density at radius 1 is 1.31 bits per heavy atom. The maximum atomic E-state index is 12.5. The summed E-state index contributed by atoms with van der Waals surface area (Å²) in [5.41, 5.74) is 3.73. The van der Waals surface area contributed by atoms with Crippen molar-refractivity contribution in [2.75, 3.05) is 13.6 Å². The summed E-state index contributed by atoms with van der Waals surface area (Å²) in [5.74, 6) is 0.490. The Hall–Kier alpha value is -2.87. The molecule has 0 unspecified atom stereocenters. The highest BCUT2D eigenvalue weighted by Gasteiger charge is 2.19. The van der Waals surface area contributed by atoms with Gasteiger partial charge >= 0.3 is 0 Å². The fraction of sp³-hybridized carbons (Fsp3) is 0.278. The number of aryl methyl sites for hydroxylation is 2. The summed E-state index contributed by atoms with van der Waals surface area (Å²) >= 11 is 1.54. The molecule has 0 aliphatic rings. The molecule has 0 aliphatic carbocycles. The first kappa shape index (κ1) is 17.9. The minimum atomic E-state index is -0.361. The third-order valence-electron chi connectivity index (χ3n) is 3.97. The summed E-state index contributed by atoms with van der Waals surface area (Å²) in [6.07, 6.45) is 0. The Labute approximate surface area is 154 Å². The lowest BCUT2D eigenvalue weighted by atomic mass is 10.1. The van der Waals surface area contributed by atoms with Gasteiger partial charge in [0.15, 0.2) is 0 Å². The van der Waals surface area contributed by atoms with Crippen LogP contribution >= 0.6 is 11.3 Å². The van der Waals surface area contributed by atoms with E-state index in [-0.39, 0.29) is 18.4 Å². The molecule has 0 fully saturated rings. The highest BCUT2D eigenvalue weighted by Crippen LogP contribution is 2.29. The number of hydrogen-bond acceptors (Lipinski definition) is 6. The van der Waals surface area contributed by atoms with Crippen molar-refractivity contribution in [3.05, 3.63) is 45.6 Å². The van der Waals surface area contributed by atoms with Crippen LogP contribution in [0.15, 0.2) is 28.1 Å². The minimum Gasteiger partial charge on any atom is -0.488 e. The first-order chi connectivity index (χ1) is 12.5. The van der Waals surface area contributed by atoms with E-state index < -0.39 is 0 Å². The topological polar surface area (TPSA) is 93.5 Å². The van der Waals surface area contributed by atoms with Crippen molar-refractivity contribution in [2.45, 2.75) is 20.5 Å². The number of likely N-dealkylation sites (N-methyl/N-ethyl adjacent to an activating group) is 1. The van der Waals surface area contributed by atoms with Crippen LogP contribution in [-0.4, -0.2) is 30.4 Å². The second-order valence-corrected chi connectivity index (χ2v) is 6.64. The molecule has 0 aliphatic heterocycles. The number of aromatic nitrogens is 1. The molecule has 0 saturated carbocycles. The van der Waals surface area contributed by atoms with Crippen LogP contribution in [0.4, 0.5) is 0 Å². The quantitative estimate of drug-likeness (QED) is 0.693. The monoisotopic (exact) mass is 373 g/mol. The van der Waals surface area contributed by atoms with Crippen LogP contribution in [0.25, 0.3) is 11.0 Å². The molecule has 2 heterocycles. The van der Waals surface area contributed by atoms with Gasteiger partial charge in [0, 0.05) is 12.4 Å². The number of rotatable bonds is 6. The van der Waals surface area contributed by atoms with Gasteiger partial charge in [-0.25, -0.2) is 4.98 Å². The van der Waals surface area contributed by atoms with Crippen molar-refractivity contribution in [1.29, 1.82) is 0 Å². The molecule has 0 spiro atoms. The molecule has 2 amide bonds. The Morgan fingerprint density at radius 2 is 2.12 bits per heavy atom. The molecule has 136 valence electrons. The third kappa shape index (κ3) is 3.70. The first-order valence-corrected chi connectivity index (χ1v) is 8.91. The van der Waals surface area contributed by atoms with Crippen molar-refractivity contribution >= 4 is 34.1 Å². The lowest BCUT2D eigenvalue weighted by Crippen LogP contribution is -2.35. The van der Waals surface area contributed by atoms with E-state index in [2.05, 4.69) is 15.6 Å². The number of fused-ring (bicyclic) bond motifs is 1. The van der Waals surface area contributed by atoms with Crippen LogP contribution in [0.3, 0.4) is 0 Å². The maximum absolute atomic E-state index is 12.5. The average molecular weight is 373 g/mol.